The first-order valence-corrected chi connectivity index (χ1v) is 10.2. The quantitative estimate of drug-likeness (QED) is 0.477. The number of nitriles is 1. The van der Waals surface area contributed by atoms with Crippen molar-refractivity contribution in [3.05, 3.63) is 71.9 Å². The van der Waals surface area contributed by atoms with Gasteiger partial charge in [0.15, 0.2) is 5.58 Å². The van der Waals surface area contributed by atoms with E-state index in [-0.39, 0.29) is 5.56 Å². The third-order valence-electron chi connectivity index (χ3n) is 5.73. The fourth-order valence-corrected chi connectivity index (χ4v) is 4.09. The zero-order chi connectivity index (χ0) is 22.2. The number of carboxylic acids is 1. The zero-order valence-electron chi connectivity index (χ0n) is 17.0. The number of pyridine rings is 1. The van der Waals surface area contributed by atoms with Gasteiger partial charge in [-0.2, -0.15) is 5.26 Å². The largest absolute Gasteiger partial charge is 0.478 e. The number of rotatable bonds is 4. The topological polar surface area (TPSA) is 90.4 Å². The van der Waals surface area contributed by atoms with Gasteiger partial charge in [0, 0.05) is 36.5 Å². The fraction of sp³-hybridized carbons (Fsp3) is 0.160. The van der Waals surface area contributed by atoms with E-state index in [1.54, 1.807) is 30.5 Å². The van der Waals surface area contributed by atoms with Crippen molar-refractivity contribution in [2.24, 2.45) is 0 Å². The Hall–Kier alpha value is -4.18. The Morgan fingerprint density at radius 2 is 1.94 bits per heavy atom. The summed E-state index contributed by atoms with van der Waals surface area (Å²) < 4.78 is 19.7. The first-order chi connectivity index (χ1) is 15.5. The molecule has 7 heteroatoms. The summed E-state index contributed by atoms with van der Waals surface area (Å²) in [7, 11) is 0. The number of aromatic nitrogens is 1. The molecule has 0 aliphatic carbocycles. The van der Waals surface area contributed by atoms with Crippen molar-refractivity contribution in [2.75, 3.05) is 18.0 Å². The van der Waals surface area contributed by atoms with Crippen LogP contribution in [0.4, 0.5) is 10.1 Å². The molecule has 1 atom stereocenters. The van der Waals surface area contributed by atoms with Crippen LogP contribution in [0.1, 0.15) is 22.3 Å². The van der Waals surface area contributed by atoms with Gasteiger partial charge in [-0.3, -0.25) is 4.98 Å². The first-order valence-electron chi connectivity index (χ1n) is 10.2. The summed E-state index contributed by atoms with van der Waals surface area (Å²) >= 11 is 0. The highest BCUT2D eigenvalue weighted by Crippen LogP contribution is 2.36. The lowest BCUT2D eigenvalue weighted by molar-refractivity contribution is 0.0697. The van der Waals surface area contributed by atoms with Crippen LogP contribution in [0.2, 0.25) is 0 Å². The Morgan fingerprint density at radius 1 is 1.16 bits per heavy atom. The van der Waals surface area contributed by atoms with Crippen LogP contribution in [0.5, 0.6) is 0 Å². The van der Waals surface area contributed by atoms with E-state index in [0.717, 1.165) is 22.4 Å². The number of furan rings is 1. The molecule has 1 N–H and O–H groups in total. The lowest BCUT2D eigenvalue weighted by Crippen LogP contribution is -2.20. The van der Waals surface area contributed by atoms with E-state index in [4.69, 9.17) is 9.52 Å². The summed E-state index contributed by atoms with van der Waals surface area (Å²) in [4.78, 5) is 17.4. The number of anilines is 1. The van der Waals surface area contributed by atoms with Gasteiger partial charge >= 0.3 is 5.97 Å². The van der Waals surface area contributed by atoms with Gasteiger partial charge in [-0.15, -0.1) is 0 Å². The molecular formula is C25H18FN3O3. The predicted octanol–water partition coefficient (Wildman–Crippen LogP) is 5.28. The molecule has 158 valence electrons. The summed E-state index contributed by atoms with van der Waals surface area (Å²) in [5.74, 6) is -0.419. The highest BCUT2D eigenvalue weighted by atomic mass is 19.1. The molecule has 0 radical (unpaired) electrons. The Morgan fingerprint density at radius 3 is 2.62 bits per heavy atom. The van der Waals surface area contributed by atoms with Crippen molar-refractivity contribution in [1.29, 1.82) is 5.26 Å². The van der Waals surface area contributed by atoms with Gasteiger partial charge in [-0.05, 0) is 42.3 Å². The second kappa shape index (κ2) is 7.82. The number of carboxylic acid groups (broad SMARTS) is 1. The van der Waals surface area contributed by atoms with E-state index in [0.29, 0.717) is 41.9 Å². The molecule has 1 fully saturated rings. The molecule has 0 saturated carbocycles. The van der Waals surface area contributed by atoms with Crippen molar-refractivity contribution >= 4 is 22.8 Å². The number of aromatic carboxylic acids is 1. The van der Waals surface area contributed by atoms with Crippen LogP contribution < -0.4 is 4.90 Å². The molecule has 1 aliphatic rings. The van der Waals surface area contributed by atoms with Gasteiger partial charge in [0.05, 0.1) is 16.8 Å². The maximum absolute atomic E-state index is 13.6. The average molecular weight is 427 g/mol. The zero-order valence-corrected chi connectivity index (χ0v) is 17.0. The van der Waals surface area contributed by atoms with E-state index in [1.165, 1.54) is 12.1 Å². The number of hydrogen-bond donors (Lipinski definition) is 1. The molecule has 5 rings (SSSR count). The molecule has 0 spiro atoms. The summed E-state index contributed by atoms with van der Waals surface area (Å²) in [6, 6.07) is 17.8. The second-order valence-electron chi connectivity index (χ2n) is 7.74. The minimum atomic E-state index is -0.988. The molecule has 0 amide bonds. The Bertz CT molecular complexity index is 1370. The minimum Gasteiger partial charge on any atom is -0.478 e. The summed E-state index contributed by atoms with van der Waals surface area (Å²) in [5.41, 5.74) is 4.98. The van der Waals surface area contributed by atoms with Gasteiger partial charge in [-0.25, -0.2) is 9.18 Å². The lowest BCUT2D eigenvalue weighted by atomic mass is 10.0. The van der Waals surface area contributed by atoms with Crippen LogP contribution in [0.15, 0.2) is 65.2 Å². The molecule has 1 aliphatic heterocycles. The van der Waals surface area contributed by atoms with Gasteiger partial charge in [0.1, 0.15) is 23.5 Å². The maximum atomic E-state index is 13.6. The molecule has 2 aromatic heterocycles. The van der Waals surface area contributed by atoms with E-state index in [2.05, 4.69) is 11.1 Å². The molecule has 0 bridgehead atoms. The highest BCUT2D eigenvalue weighted by molar-refractivity contribution is 5.93. The summed E-state index contributed by atoms with van der Waals surface area (Å²) in [6.07, 6.45) is 1.28. The standard InChI is InChI=1S/C25H18FN3O3/c26-19-8-10-29(14-19)22-6-5-17(11-18(22)13-27)20-7-9-28-21-12-23(32-24(20)21)15-1-3-16(4-2-15)25(30)31/h1-7,9,11-12,19H,8,10,14H2,(H,30,31)/t19-/m1/s1. The molecule has 0 unspecified atom stereocenters. The van der Waals surface area contributed by atoms with Crippen molar-refractivity contribution < 1.29 is 18.7 Å². The van der Waals surface area contributed by atoms with Crippen LogP contribution in [-0.4, -0.2) is 35.3 Å². The molecule has 1 saturated heterocycles. The number of halogens is 1. The van der Waals surface area contributed by atoms with E-state index < -0.39 is 12.1 Å². The maximum Gasteiger partial charge on any atom is 0.335 e. The molecule has 2 aromatic carbocycles. The fourth-order valence-electron chi connectivity index (χ4n) is 4.09. The van der Waals surface area contributed by atoms with E-state index in [9.17, 15) is 14.4 Å². The Kier molecular flexibility index (Phi) is 4.83. The van der Waals surface area contributed by atoms with Gasteiger partial charge < -0.3 is 14.4 Å². The molecule has 6 nitrogen and oxygen atoms in total. The van der Waals surface area contributed by atoms with Crippen molar-refractivity contribution in [1.82, 2.24) is 4.98 Å². The number of nitrogens with zero attached hydrogens (tertiary/aromatic N) is 3. The predicted molar refractivity (Wildman–Crippen MR) is 118 cm³/mol. The minimum absolute atomic E-state index is 0.199. The van der Waals surface area contributed by atoms with E-state index >= 15 is 0 Å². The van der Waals surface area contributed by atoms with Crippen LogP contribution in [0.25, 0.3) is 33.6 Å². The molecule has 3 heterocycles. The van der Waals surface area contributed by atoms with Crippen LogP contribution in [0.3, 0.4) is 0 Å². The third-order valence-corrected chi connectivity index (χ3v) is 5.73. The average Bonchev–Trinajstić information content (AvgIpc) is 3.45. The highest BCUT2D eigenvalue weighted by Gasteiger charge is 2.24. The van der Waals surface area contributed by atoms with Crippen molar-refractivity contribution in [3.63, 3.8) is 0 Å². The Balaban J connectivity index is 1.55. The summed E-state index contributed by atoms with van der Waals surface area (Å²) in [5, 5.41) is 18.8. The number of carbonyl (C=O) groups is 1. The number of fused-ring (bicyclic) bond motifs is 1. The molecular weight excluding hydrogens is 409 g/mol. The smallest absolute Gasteiger partial charge is 0.335 e. The Labute approximate surface area is 183 Å². The second-order valence-corrected chi connectivity index (χ2v) is 7.74. The number of benzene rings is 2. The SMILES string of the molecule is N#Cc1cc(-c2ccnc3cc(-c4ccc(C(=O)O)cc4)oc23)ccc1N1CC[C@@H](F)C1. The number of alkyl halides is 1. The van der Waals surface area contributed by atoms with Crippen LogP contribution >= 0.6 is 0 Å². The van der Waals surface area contributed by atoms with Gasteiger partial charge in [0.2, 0.25) is 0 Å². The van der Waals surface area contributed by atoms with Crippen molar-refractivity contribution in [2.45, 2.75) is 12.6 Å². The van der Waals surface area contributed by atoms with Crippen LogP contribution in [-0.2, 0) is 0 Å². The van der Waals surface area contributed by atoms with Crippen molar-refractivity contribution in [3.8, 4) is 28.5 Å². The lowest BCUT2D eigenvalue weighted by Gasteiger charge is -2.19. The van der Waals surface area contributed by atoms with E-state index in [1.807, 2.05) is 23.1 Å². The summed E-state index contributed by atoms with van der Waals surface area (Å²) in [6.45, 7) is 0.895. The van der Waals surface area contributed by atoms with Crippen LogP contribution in [0, 0.1) is 11.3 Å². The van der Waals surface area contributed by atoms with Gasteiger partial charge in [0.25, 0.3) is 0 Å². The van der Waals surface area contributed by atoms with Gasteiger partial charge in [-0.1, -0.05) is 18.2 Å². The number of hydrogen-bond acceptors (Lipinski definition) is 5. The molecule has 32 heavy (non-hydrogen) atoms. The normalized spacial score (nSPS) is 15.8. The molecule has 4 aromatic rings. The first kappa shape index (κ1) is 19.8. The monoisotopic (exact) mass is 427 g/mol. The third kappa shape index (κ3) is 3.46.